The highest BCUT2D eigenvalue weighted by molar-refractivity contribution is 5.32. The van der Waals surface area contributed by atoms with E-state index < -0.39 is 10.5 Å². The van der Waals surface area contributed by atoms with Crippen molar-refractivity contribution in [3.63, 3.8) is 0 Å². The number of hydrogen-bond acceptors (Lipinski definition) is 4. The van der Waals surface area contributed by atoms with Gasteiger partial charge in [-0.2, -0.15) is 5.10 Å². The maximum absolute atomic E-state index is 10.5. The average Bonchev–Trinajstić information content (AvgIpc) is 2.68. The fraction of sp³-hybridized carbons (Fsp3) is 0.625. The SMILES string of the molecule is O=[N+]([O-])c1cn[nH]c1CCC1(O)CC1. The third-order valence-electron chi connectivity index (χ3n) is 2.56. The summed E-state index contributed by atoms with van der Waals surface area (Å²) in [5.41, 5.74) is -0.0662. The lowest BCUT2D eigenvalue weighted by Crippen LogP contribution is -2.08. The summed E-state index contributed by atoms with van der Waals surface area (Å²) in [6.45, 7) is 0. The molecule has 1 aliphatic carbocycles. The van der Waals surface area contributed by atoms with Crippen LogP contribution in [0.5, 0.6) is 0 Å². The van der Waals surface area contributed by atoms with E-state index in [0.29, 0.717) is 18.5 Å². The predicted molar refractivity (Wildman–Crippen MR) is 47.7 cm³/mol. The van der Waals surface area contributed by atoms with Crippen LogP contribution in [-0.4, -0.2) is 25.8 Å². The number of nitrogens with zero attached hydrogens (tertiary/aromatic N) is 2. The maximum Gasteiger partial charge on any atom is 0.309 e. The van der Waals surface area contributed by atoms with E-state index in [1.165, 1.54) is 6.20 Å². The van der Waals surface area contributed by atoms with E-state index in [2.05, 4.69) is 10.2 Å². The molecular formula is C8H11N3O3. The van der Waals surface area contributed by atoms with E-state index in [-0.39, 0.29) is 5.69 Å². The van der Waals surface area contributed by atoms with Crippen molar-refractivity contribution in [1.29, 1.82) is 0 Å². The summed E-state index contributed by atoms with van der Waals surface area (Å²) >= 11 is 0. The van der Waals surface area contributed by atoms with Gasteiger partial charge in [0.25, 0.3) is 0 Å². The molecule has 2 N–H and O–H groups in total. The minimum Gasteiger partial charge on any atom is -0.390 e. The molecular weight excluding hydrogens is 186 g/mol. The number of aryl methyl sites for hydroxylation is 1. The van der Waals surface area contributed by atoms with Crippen LogP contribution < -0.4 is 0 Å². The van der Waals surface area contributed by atoms with Crippen molar-refractivity contribution in [3.05, 3.63) is 22.0 Å². The first-order valence-electron chi connectivity index (χ1n) is 4.50. The van der Waals surface area contributed by atoms with E-state index in [0.717, 1.165) is 12.8 Å². The Morgan fingerprint density at radius 2 is 2.43 bits per heavy atom. The van der Waals surface area contributed by atoms with Gasteiger partial charge in [0.15, 0.2) is 0 Å². The molecule has 2 rings (SSSR count). The van der Waals surface area contributed by atoms with Crippen LogP contribution in [0.4, 0.5) is 5.69 Å². The summed E-state index contributed by atoms with van der Waals surface area (Å²) < 4.78 is 0. The first-order valence-corrected chi connectivity index (χ1v) is 4.50. The Labute approximate surface area is 80.1 Å². The molecule has 0 spiro atoms. The van der Waals surface area contributed by atoms with Gasteiger partial charge in [-0.1, -0.05) is 0 Å². The lowest BCUT2D eigenvalue weighted by Gasteiger charge is -2.04. The Morgan fingerprint density at radius 3 is 3.00 bits per heavy atom. The number of rotatable bonds is 4. The zero-order chi connectivity index (χ0) is 10.2. The molecule has 0 aromatic carbocycles. The number of H-pyrrole nitrogens is 1. The topological polar surface area (TPSA) is 92.0 Å². The Hall–Kier alpha value is -1.43. The number of nitro groups is 1. The summed E-state index contributed by atoms with van der Waals surface area (Å²) in [5.74, 6) is 0. The molecule has 0 saturated heterocycles. The van der Waals surface area contributed by atoms with E-state index in [1.54, 1.807) is 0 Å². The number of aromatic amines is 1. The highest BCUT2D eigenvalue weighted by Gasteiger charge is 2.40. The van der Waals surface area contributed by atoms with E-state index >= 15 is 0 Å². The normalized spacial score (nSPS) is 18.1. The predicted octanol–water partition coefficient (Wildman–Crippen LogP) is 0.775. The van der Waals surface area contributed by atoms with Crippen molar-refractivity contribution < 1.29 is 10.0 Å². The zero-order valence-electron chi connectivity index (χ0n) is 7.56. The van der Waals surface area contributed by atoms with Crippen LogP contribution >= 0.6 is 0 Å². The zero-order valence-corrected chi connectivity index (χ0v) is 7.56. The first-order chi connectivity index (χ1) is 6.61. The van der Waals surface area contributed by atoms with Gasteiger partial charge in [0.2, 0.25) is 0 Å². The van der Waals surface area contributed by atoms with Gasteiger partial charge in [-0.15, -0.1) is 0 Å². The Kier molecular flexibility index (Phi) is 1.99. The fourth-order valence-corrected chi connectivity index (χ4v) is 1.40. The summed E-state index contributed by atoms with van der Waals surface area (Å²) in [7, 11) is 0. The van der Waals surface area contributed by atoms with Gasteiger partial charge in [-0.3, -0.25) is 15.2 Å². The number of aliphatic hydroxyl groups is 1. The van der Waals surface area contributed by atoms with Crippen LogP contribution in [0.2, 0.25) is 0 Å². The highest BCUT2D eigenvalue weighted by Crippen LogP contribution is 2.39. The van der Waals surface area contributed by atoms with Crippen molar-refractivity contribution in [3.8, 4) is 0 Å². The average molecular weight is 197 g/mol. The third kappa shape index (κ3) is 1.74. The Morgan fingerprint density at radius 1 is 1.71 bits per heavy atom. The van der Waals surface area contributed by atoms with Crippen LogP contribution in [0.1, 0.15) is 25.0 Å². The molecule has 14 heavy (non-hydrogen) atoms. The van der Waals surface area contributed by atoms with Gasteiger partial charge in [0.1, 0.15) is 11.9 Å². The van der Waals surface area contributed by atoms with Crippen LogP contribution in [0.15, 0.2) is 6.20 Å². The molecule has 0 unspecified atom stereocenters. The van der Waals surface area contributed by atoms with Gasteiger partial charge in [-0.05, 0) is 25.7 Å². The molecule has 0 aliphatic heterocycles. The van der Waals surface area contributed by atoms with Crippen LogP contribution in [-0.2, 0) is 6.42 Å². The number of nitrogens with one attached hydrogen (secondary N) is 1. The molecule has 0 atom stereocenters. The van der Waals surface area contributed by atoms with Crippen molar-refractivity contribution in [2.45, 2.75) is 31.3 Å². The van der Waals surface area contributed by atoms with Crippen LogP contribution in [0.25, 0.3) is 0 Å². The van der Waals surface area contributed by atoms with Gasteiger partial charge in [0, 0.05) is 0 Å². The second kappa shape index (κ2) is 3.06. The van der Waals surface area contributed by atoms with Crippen LogP contribution in [0, 0.1) is 10.1 Å². The second-order valence-electron chi connectivity index (χ2n) is 3.72. The molecule has 0 bridgehead atoms. The first kappa shape index (κ1) is 9.14. The molecule has 0 amide bonds. The summed E-state index contributed by atoms with van der Waals surface area (Å²) in [6.07, 6.45) is 3.85. The second-order valence-corrected chi connectivity index (χ2v) is 3.72. The third-order valence-corrected chi connectivity index (χ3v) is 2.56. The van der Waals surface area contributed by atoms with Crippen LogP contribution in [0.3, 0.4) is 0 Å². The Bertz CT molecular complexity index is 356. The molecule has 1 aromatic rings. The lowest BCUT2D eigenvalue weighted by molar-refractivity contribution is -0.385. The minimum atomic E-state index is -0.570. The standard InChI is InChI=1S/C8H11N3O3/c12-8(3-4-8)2-1-6-7(11(13)14)5-9-10-6/h5,12H,1-4H2,(H,9,10). The van der Waals surface area contributed by atoms with Gasteiger partial charge in [0.05, 0.1) is 10.5 Å². The molecule has 1 heterocycles. The summed E-state index contributed by atoms with van der Waals surface area (Å²) in [6, 6.07) is 0. The van der Waals surface area contributed by atoms with Crippen molar-refractivity contribution >= 4 is 5.69 Å². The van der Waals surface area contributed by atoms with E-state index in [9.17, 15) is 15.2 Å². The molecule has 1 saturated carbocycles. The Balaban J connectivity index is 2.01. The number of hydrogen-bond donors (Lipinski definition) is 2. The van der Waals surface area contributed by atoms with Crippen molar-refractivity contribution in [2.75, 3.05) is 0 Å². The molecule has 6 nitrogen and oxygen atoms in total. The van der Waals surface area contributed by atoms with Gasteiger partial charge in [-0.25, -0.2) is 0 Å². The monoisotopic (exact) mass is 197 g/mol. The maximum atomic E-state index is 10.5. The molecule has 1 aromatic heterocycles. The van der Waals surface area contributed by atoms with Crippen molar-refractivity contribution in [1.82, 2.24) is 10.2 Å². The molecule has 1 fully saturated rings. The summed E-state index contributed by atoms with van der Waals surface area (Å²) in [4.78, 5) is 10.0. The molecule has 6 heteroatoms. The fourth-order valence-electron chi connectivity index (χ4n) is 1.40. The largest absolute Gasteiger partial charge is 0.390 e. The molecule has 0 radical (unpaired) electrons. The molecule has 1 aliphatic rings. The van der Waals surface area contributed by atoms with Gasteiger partial charge >= 0.3 is 5.69 Å². The molecule has 76 valence electrons. The smallest absolute Gasteiger partial charge is 0.309 e. The highest BCUT2D eigenvalue weighted by atomic mass is 16.6. The number of aromatic nitrogens is 2. The van der Waals surface area contributed by atoms with E-state index in [4.69, 9.17) is 0 Å². The van der Waals surface area contributed by atoms with Crippen molar-refractivity contribution in [2.24, 2.45) is 0 Å². The van der Waals surface area contributed by atoms with Gasteiger partial charge < -0.3 is 5.11 Å². The summed E-state index contributed by atoms with van der Waals surface area (Å²) in [5, 5.41) is 26.3. The lowest BCUT2D eigenvalue weighted by atomic mass is 10.1. The minimum absolute atomic E-state index is 0.00856. The van der Waals surface area contributed by atoms with E-state index in [1.807, 2.05) is 0 Å². The quantitative estimate of drug-likeness (QED) is 0.551.